The summed E-state index contributed by atoms with van der Waals surface area (Å²) >= 11 is 11.7. The molecule has 1 heterocycles. The Hall–Kier alpha value is -1.92. The Morgan fingerprint density at radius 2 is 2.11 bits per heavy atom. The highest BCUT2D eigenvalue weighted by Crippen LogP contribution is 2.25. The van der Waals surface area contributed by atoms with E-state index in [1.165, 1.54) is 6.20 Å². The van der Waals surface area contributed by atoms with Crippen molar-refractivity contribution in [2.75, 3.05) is 16.4 Å². The minimum absolute atomic E-state index is 0.311. The lowest BCUT2D eigenvalue weighted by Crippen LogP contribution is -2.20. The van der Waals surface area contributed by atoms with Gasteiger partial charge in [0.15, 0.2) is 5.82 Å². The van der Waals surface area contributed by atoms with Crippen LogP contribution in [0.25, 0.3) is 0 Å². The monoisotopic (exact) mass is 285 g/mol. The van der Waals surface area contributed by atoms with Crippen LogP contribution in [-0.4, -0.2) is 16.2 Å². The third-order valence-electron chi connectivity index (χ3n) is 2.08. The van der Waals surface area contributed by atoms with Gasteiger partial charge in [-0.3, -0.25) is 10.4 Å². The first kappa shape index (κ1) is 12.5. The van der Waals surface area contributed by atoms with E-state index >= 15 is 0 Å². The minimum atomic E-state index is -0.505. The fourth-order valence-corrected chi connectivity index (χ4v) is 1.59. The maximum Gasteiger partial charge on any atom is 0.324 e. The number of hydrogen-bond donors (Lipinski definition) is 4. The van der Waals surface area contributed by atoms with E-state index in [-0.39, 0.29) is 0 Å². The van der Waals surface area contributed by atoms with Crippen LogP contribution in [0.1, 0.15) is 0 Å². The lowest BCUT2D eigenvalue weighted by molar-refractivity contribution is 0.262. The third-order valence-corrected chi connectivity index (χ3v) is 2.65. The van der Waals surface area contributed by atoms with Crippen molar-refractivity contribution in [3.8, 4) is 0 Å². The molecule has 2 amide bonds. The molecule has 2 rings (SSSR count). The third kappa shape index (κ3) is 2.85. The molecule has 5 N–H and O–H groups in total. The number of aromatic nitrogens is 2. The van der Waals surface area contributed by atoms with Crippen LogP contribution in [0.5, 0.6) is 0 Å². The van der Waals surface area contributed by atoms with Crippen LogP contribution in [0, 0.1) is 0 Å². The highest BCUT2D eigenvalue weighted by atomic mass is 35.5. The summed E-state index contributed by atoms with van der Waals surface area (Å²) in [7, 11) is 0. The zero-order valence-corrected chi connectivity index (χ0v) is 10.5. The van der Waals surface area contributed by atoms with Crippen LogP contribution in [0.3, 0.4) is 0 Å². The van der Waals surface area contributed by atoms with E-state index in [0.29, 0.717) is 27.2 Å². The molecule has 1 aromatic heterocycles. The molecular formula is C10H9Cl2N5O. The molecule has 1 aromatic carbocycles. The quantitative estimate of drug-likeness (QED) is 0.683. The summed E-state index contributed by atoms with van der Waals surface area (Å²) in [6.07, 6.45) is 1.39. The lowest BCUT2D eigenvalue weighted by Gasteiger charge is -2.08. The molecule has 18 heavy (non-hydrogen) atoms. The summed E-state index contributed by atoms with van der Waals surface area (Å²) in [5.74, 6) is 0.311. The zero-order valence-electron chi connectivity index (χ0n) is 9.00. The van der Waals surface area contributed by atoms with Crippen molar-refractivity contribution in [3.05, 3.63) is 34.4 Å². The number of carbonyl (C=O) groups is 1. The van der Waals surface area contributed by atoms with Crippen molar-refractivity contribution < 1.29 is 4.79 Å². The first-order valence-corrected chi connectivity index (χ1v) is 5.64. The number of aromatic amines is 1. The molecule has 0 aliphatic heterocycles. The molecule has 0 saturated carbocycles. The van der Waals surface area contributed by atoms with Crippen LogP contribution < -0.4 is 16.4 Å². The SMILES string of the molecule is Nc1cn[nH]c1NC(=O)Nc1cc(Cl)ccc1Cl. The van der Waals surface area contributed by atoms with Gasteiger partial charge >= 0.3 is 6.03 Å². The first-order chi connectivity index (χ1) is 8.56. The number of hydrogen-bond acceptors (Lipinski definition) is 3. The van der Waals surface area contributed by atoms with Gasteiger partial charge in [0.25, 0.3) is 0 Å². The second-order valence-corrected chi connectivity index (χ2v) is 4.25. The average Bonchev–Trinajstić information content (AvgIpc) is 2.70. The van der Waals surface area contributed by atoms with Gasteiger partial charge in [0.1, 0.15) is 0 Å². The van der Waals surface area contributed by atoms with E-state index in [1.807, 2.05) is 0 Å². The van der Waals surface area contributed by atoms with Gasteiger partial charge in [-0.15, -0.1) is 0 Å². The number of nitrogens with two attached hydrogens (primary N) is 1. The maximum atomic E-state index is 11.7. The Labute approximate surface area is 112 Å². The fourth-order valence-electron chi connectivity index (χ4n) is 1.26. The number of nitrogens with zero attached hydrogens (tertiary/aromatic N) is 1. The Balaban J connectivity index is 2.08. The van der Waals surface area contributed by atoms with Gasteiger partial charge in [0.05, 0.1) is 22.6 Å². The molecule has 0 aliphatic carbocycles. The van der Waals surface area contributed by atoms with E-state index in [4.69, 9.17) is 28.9 Å². The van der Waals surface area contributed by atoms with Crippen molar-refractivity contribution in [1.82, 2.24) is 10.2 Å². The Bertz CT molecular complexity index is 583. The second kappa shape index (κ2) is 5.16. The summed E-state index contributed by atoms with van der Waals surface area (Å²) in [4.78, 5) is 11.7. The van der Waals surface area contributed by atoms with Gasteiger partial charge in [-0.25, -0.2) is 4.79 Å². The molecular weight excluding hydrogens is 277 g/mol. The van der Waals surface area contributed by atoms with Crippen LogP contribution >= 0.6 is 23.2 Å². The second-order valence-electron chi connectivity index (χ2n) is 3.40. The Morgan fingerprint density at radius 3 is 2.78 bits per heavy atom. The van der Waals surface area contributed by atoms with Crippen LogP contribution in [0.2, 0.25) is 10.0 Å². The summed E-state index contributed by atoms with van der Waals surface area (Å²) < 4.78 is 0. The van der Waals surface area contributed by atoms with Gasteiger partial charge in [-0.05, 0) is 18.2 Å². The van der Waals surface area contributed by atoms with Crippen molar-refractivity contribution in [2.45, 2.75) is 0 Å². The van der Waals surface area contributed by atoms with Crippen molar-refractivity contribution in [1.29, 1.82) is 0 Å². The summed E-state index contributed by atoms with van der Waals surface area (Å²) in [5.41, 5.74) is 6.29. The van der Waals surface area contributed by atoms with Gasteiger partial charge in [-0.1, -0.05) is 23.2 Å². The molecule has 0 unspecified atom stereocenters. The minimum Gasteiger partial charge on any atom is -0.394 e. The molecule has 0 saturated heterocycles. The molecule has 0 atom stereocenters. The van der Waals surface area contributed by atoms with Crippen molar-refractivity contribution in [2.24, 2.45) is 0 Å². The van der Waals surface area contributed by atoms with Crippen LogP contribution in [0.4, 0.5) is 22.0 Å². The van der Waals surface area contributed by atoms with Crippen molar-refractivity contribution >= 4 is 46.4 Å². The predicted molar refractivity (Wildman–Crippen MR) is 72.1 cm³/mol. The van der Waals surface area contributed by atoms with E-state index in [1.54, 1.807) is 18.2 Å². The Morgan fingerprint density at radius 1 is 1.33 bits per heavy atom. The van der Waals surface area contributed by atoms with Gasteiger partial charge in [0, 0.05) is 5.02 Å². The number of H-pyrrole nitrogens is 1. The van der Waals surface area contributed by atoms with E-state index < -0.39 is 6.03 Å². The van der Waals surface area contributed by atoms with E-state index in [2.05, 4.69) is 20.8 Å². The molecule has 0 radical (unpaired) electrons. The molecule has 0 fully saturated rings. The highest BCUT2D eigenvalue weighted by molar-refractivity contribution is 6.35. The summed E-state index contributed by atoms with van der Waals surface area (Å²) in [6.45, 7) is 0. The fraction of sp³-hybridized carbons (Fsp3) is 0. The van der Waals surface area contributed by atoms with E-state index in [0.717, 1.165) is 0 Å². The zero-order chi connectivity index (χ0) is 13.1. The molecule has 6 nitrogen and oxygen atoms in total. The molecule has 0 bridgehead atoms. The number of rotatable bonds is 2. The Kier molecular flexibility index (Phi) is 3.59. The predicted octanol–water partition coefficient (Wildman–Crippen LogP) is 2.94. The normalized spacial score (nSPS) is 10.1. The van der Waals surface area contributed by atoms with Crippen LogP contribution in [-0.2, 0) is 0 Å². The number of halogens is 2. The topological polar surface area (TPSA) is 95.8 Å². The maximum absolute atomic E-state index is 11.7. The number of carbonyl (C=O) groups excluding carboxylic acids is 1. The largest absolute Gasteiger partial charge is 0.394 e. The number of urea groups is 1. The van der Waals surface area contributed by atoms with Crippen LogP contribution in [0.15, 0.2) is 24.4 Å². The van der Waals surface area contributed by atoms with Gasteiger partial charge < -0.3 is 11.1 Å². The molecule has 94 valence electrons. The van der Waals surface area contributed by atoms with Gasteiger partial charge in [0.2, 0.25) is 0 Å². The number of benzene rings is 1. The lowest BCUT2D eigenvalue weighted by atomic mass is 10.3. The summed E-state index contributed by atoms with van der Waals surface area (Å²) in [6, 6.07) is 4.25. The first-order valence-electron chi connectivity index (χ1n) is 4.88. The van der Waals surface area contributed by atoms with Crippen molar-refractivity contribution in [3.63, 3.8) is 0 Å². The molecule has 8 heteroatoms. The molecule has 2 aromatic rings. The standard InChI is InChI=1S/C10H9Cl2N5O/c11-5-1-2-6(12)8(3-5)15-10(18)16-9-7(13)4-14-17-9/h1-4H,13H2,(H3,14,15,16,17,18). The number of nitrogen functional groups attached to an aromatic ring is 1. The highest BCUT2D eigenvalue weighted by Gasteiger charge is 2.09. The molecule has 0 spiro atoms. The number of nitrogens with one attached hydrogen (secondary N) is 3. The van der Waals surface area contributed by atoms with E-state index in [9.17, 15) is 4.79 Å². The average molecular weight is 286 g/mol. The smallest absolute Gasteiger partial charge is 0.324 e. The molecule has 0 aliphatic rings. The number of amides is 2. The van der Waals surface area contributed by atoms with Gasteiger partial charge in [-0.2, -0.15) is 5.10 Å². The number of anilines is 3. The summed E-state index contributed by atoms with van der Waals surface area (Å²) in [5, 5.41) is 12.1.